The fraction of sp³-hybridized carbons (Fsp3) is 0.500. The van der Waals surface area contributed by atoms with Gasteiger partial charge >= 0.3 is 0 Å². The molecule has 1 amide bonds. The fourth-order valence-electron chi connectivity index (χ4n) is 2.28. The van der Waals surface area contributed by atoms with Crippen LogP contribution >= 0.6 is 15.9 Å². The zero-order valence-corrected chi connectivity index (χ0v) is 12.2. The van der Waals surface area contributed by atoms with Gasteiger partial charge in [-0.1, -0.05) is 12.1 Å². The average molecular weight is 311 g/mol. The van der Waals surface area contributed by atoms with Crippen molar-refractivity contribution in [3.63, 3.8) is 0 Å². The van der Waals surface area contributed by atoms with E-state index in [1.165, 1.54) is 12.8 Å². The van der Waals surface area contributed by atoms with Crippen molar-refractivity contribution in [1.82, 2.24) is 10.6 Å². The molecular weight excluding hydrogens is 292 g/mol. The van der Waals surface area contributed by atoms with Crippen LogP contribution in [-0.2, 0) is 0 Å². The molecule has 1 heterocycles. The lowest BCUT2D eigenvalue weighted by atomic mass is 10.1. The molecule has 98 valence electrons. The molecule has 18 heavy (non-hydrogen) atoms. The Bertz CT molecular complexity index is 428. The maximum absolute atomic E-state index is 12.0. The summed E-state index contributed by atoms with van der Waals surface area (Å²) in [7, 11) is 0. The molecule has 1 fully saturated rings. The van der Waals surface area contributed by atoms with Gasteiger partial charge in [0.1, 0.15) is 0 Å². The molecule has 3 nitrogen and oxygen atoms in total. The minimum absolute atomic E-state index is 0.00331. The van der Waals surface area contributed by atoms with Gasteiger partial charge < -0.3 is 10.6 Å². The summed E-state index contributed by atoms with van der Waals surface area (Å²) in [4.78, 5) is 12.0. The molecule has 4 heteroatoms. The third-order valence-electron chi connectivity index (χ3n) is 3.38. The summed E-state index contributed by atoms with van der Waals surface area (Å²) < 4.78 is 0.890. The van der Waals surface area contributed by atoms with Gasteiger partial charge in [-0.15, -0.1) is 0 Å². The summed E-state index contributed by atoms with van der Waals surface area (Å²) >= 11 is 3.47. The molecule has 0 aromatic heterocycles. The smallest absolute Gasteiger partial charge is 0.252 e. The molecule has 0 spiro atoms. The van der Waals surface area contributed by atoms with E-state index in [2.05, 4.69) is 26.6 Å². The van der Waals surface area contributed by atoms with Crippen molar-refractivity contribution in [3.05, 3.63) is 33.8 Å². The van der Waals surface area contributed by atoms with Crippen LogP contribution in [0, 0.1) is 6.92 Å². The van der Waals surface area contributed by atoms with Crippen LogP contribution in [0.3, 0.4) is 0 Å². The van der Waals surface area contributed by atoms with Crippen molar-refractivity contribution in [1.29, 1.82) is 0 Å². The molecule has 1 saturated heterocycles. The van der Waals surface area contributed by atoms with Gasteiger partial charge in [0.15, 0.2) is 0 Å². The summed E-state index contributed by atoms with van der Waals surface area (Å²) in [5.74, 6) is 0.00331. The van der Waals surface area contributed by atoms with Gasteiger partial charge in [-0.2, -0.15) is 0 Å². The summed E-state index contributed by atoms with van der Waals surface area (Å²) in [5.41, 5.74) is 1.80. The zero-order chi connectivity index (χ0) is 13.0. The van der Waals surface area contributed by atoms with Crippen LogP contribution in [0.25, 0.3) is 0 Å². The summed E-state index contributed by atoms with van der Waals surface area (Å²) in [6.45, 7) is 3.84. The Balaban J connectivity index is 1.85. The minimum atomic E-state index is 0.00331. The quantitative estimate of drug-likeness (QED) is 0.897. The molecule has 1 atom stereocenters. The average Bonchev–Trinajstić information content (AvgIpc) is 2.85. The van der Waals surface area contributed by atoms with Gasteiger partial charge in [-0.25, -0.2) is 0 Å². The van der Waals surface area contributed by atoms with E-state index in [1.807, 2.05) is 25.1 Å². The van der Waals surface area contributed by atoms with Gasteiger partial charge in [0.05, 0.1) is 5.56 Å². The van der Waals surface area contributed by atoms with Gasteiger partial charge in [0.25, 0.3) is 5.91 Å². The zero-order valence-electron chi connectivity index (χ0n) is 10.6. The standard InChI is InChI=1S/C14H19BrN2O/c1-10-4-2-6-12(13(10)15)14(18)17-9-7-11-5-3-8-16-11/h2,4,6,11,16H,3,5,7-9H2,1H3,(H,17,18)/t11-/m0/s1. The topological polar surface area (TPSA) is 41.1 Å². The van der Waals surface area contributed by atoms with Crippen molar-refractivity contribution >= 4 is 21.8 Å². The van der Waals surface area contributed by atoms with Crippen molar-refractivity contribution in [2.24, 2.45) is 0 Å². The Morgan fingerprint density at radius 2 is 2.39 bits per heavy atom. The van der Waals surface area contributed by atoms with Crippen LogP contribution in [0.5, 0.6) is 0 Å². The second-order valence-corrected chi connectivity index (χ2v) is 5.57. The Hall–Kier alpha value is -0.870. The van der Waals surface area contributed by atoms with Crippen molar-refractivity contribution < 1.29 is 4.79 Å². The number of benzene rings is 1. The molecule has 2 rings (SSSR count). The number of halogens is 1. The van der Waals surface area contributed by atoms with Crippen molar-refractivity contribution in [2.75, 3.05) is 13.1 Å². The lowest BCUT2D eigenvalue weighted by Crippen LogP contribution is -2.30. The maximum atomic E-state index is 12.0. The Morgan fingerprint density at radius 3 is 3.11 bits per heavy atom. The van der Waals surface area contributed by atoms with Gasteiger partial charge in [-0.3, -0.25) is 4.79 Å². The maximum Gasteiger partial charge on any atom is 0.252 e. The number of amides is 1. The summed E-state index contributed by atoms with van der Waals surface area (Å²) in [6, 6.07) is 6.32. The first-order valence-corrected chi connectivity index (χ1v) is 7.24. The van der Waals surface area contributed by atoms with E-state index < -0.39 is 0 Å². The second-order valence-electron chi connectivity index (χ2n) is 4.77. The highest BCUT2D eigenvalue weighted by Gasteiger charge is 2.15. The first kappa shape index (κ1) is 13.6. The summed E-state index contributed by atoms with van der Waals surface area (Å²) in [6.07, 6.45) is 3.49. The Kier molecular flexibility index (Phi) is 4.78. The van der Waals surface area contributed by atoms with Crippen LogP contribution in [0.1, 0.15) is 35.2 Å². The highest BCUT2D eigenvalue weighted by atomic mass is 79.9. The monoisotopic (exact) mass is 310 g/mol. The number of nitrogens with one attached hydrogen (secondary N) is 2. The Labute approximate surface area is 116 Å². The SMILES string of the molecule is Cc1cccc(C(=O)NCC[C@@H]2CCCN2)c1Br. The van der Waals surface area contributed by atoms with E-state index in [0.29, 0.717) is 6.04 Å². The molecule has 0 saturated carbocycles. The van der Waals surface area contributed by atoms with E-state index in [4.69, 9.17) is 0 Å². The number of hydrogen-bond acceptors (Lipinski definition) is 2. The molecule has 1 aliphatic rings. The predicted molar refractivity (Wildman–Crippen MR) is 76.9 cm³/mol. The summed E-state index contributed by atoms with van der Waals surface area (Å²) in [5, 5.41) is 6.41. The molecule has 0 unspecified atom stereocenters. The van der Waals surface area contributed by atoms with Crippen LogP contribution in [-0.4, -0.2) is 25.0 Å². The first-order chi connectivity index (χ1) is 8.68. The molecule has 1 aliphatic heterocycles. The minimum Gasteiger partial charge on any atom is -0.352 e. The number of aryl methyl sites for hydroxylation is 1. The molecule has 0 aliphatic carbocycles. The van der Waals surface area contributed by atoms with E-state index in [1.54, 1.807) is 0 Å². The van der Waals surface area contributed by atoms with E-state index in [9.17, 15) is 4.79 Å². The molecular formula is C14H19BrN2O. The molecule has 0 radical (unpaired) electrons. The van der Waals surface area contributed by atoms with E-state index >= 15 is 0 Å². The third kappa shape index (κ3) is 3.33. The molecule has 0 bridgehead atoms. The third-order valence-corrected chi connectivity index (χ3v) is 4.43. The van der Waals surface area contributed by atoms with Gasteiger partial charge in [0, 0.05) is 17.1 Å². The normalized spacial score (nSPS) is 18.9. The van der Waals surface area contributed by atoms with Crippen LogP contribution in [0.15, 0.2) is 22.7 Å². The molecule has 2 N–H and O–H groups in total. The molecule has 1 aromatic rings. The van der Waals surface area contributed by atoms with Gasteiger partial charge in [-0.05, 0) is 60.3 Å². The van der Waals surface area contributed by atoms with Gasteiger partial charge in [0.2, 0.25) is 0 Å². The van der Waals surface area contributed by atoms with Crippen LogP contribution in [0.2, 0.25) is 0 Å². The van der Waals surface area contributed by atoms with E-state index in [0.717, 1.165) is 35.1 Å². The Morgan fingerprint density at radius 1 is 1.56 bits per heavy atom. The fourth-order valence-corrected chi connectivity index (χ4v) is 2.73. The largest absolute Gasteiger partial charge is 0.352 e. The number of rotatable bonds is 4. The van der Waals surface area contributed by atoms with E-state index in [-0.39, 0.29) is 5.91 Å². The predicted octanol–water partition coefficient (Wildman–Crippen LogP) is 2.63. The highest BCUT2D eigenvalue weighted by Crippen LogP contribution is 2.20. The van der Waals surface area contributed by atoms with Crippen LogP contribution < -0.4 is 10.6 Å². The second kappa shape index (κ2) is 6.34. The molecule has 1 aromatic carbocycles. The van der Waals surface area contributed by atoms with Crippen molar-refractivity contribution in [2.45, 2.75) is 32.2 Å². The number of hydrogen-bond donors (Lipinski definition) is 2. The first-order valence-electron chi connectivity index (χ1n) is 6.45. The number of carbonyl (C=O) groups excluding carboxylic acids is 1. The highest BCUT2D eigenvalue weighted by molar-refractivity contribution is 9.10. The van der Waals surface area contributed by atoms with Crippen LogP contribution in [0.4, 0.5) is 0 Å². The lowest BCUT2D eigenvalue weighted by molar-refractivity contribution is 0.0951. The van der Waals surface area contributed by atoms with Crippen molar-refractivity contribution in [3.8, 4) is 0 Å². The lowest BCUT2D eigenvalue weighted by Gasteiger charge is -2.12. The number of carbonyl (C=O) groups is 1.